The van der Waals surface area contributed by atoms with E-state index in [4.69, 9.17) is 4.74 Å². The lowest BCUT2D eigenvalue weighted by atomic mass is 9.90. The zero-order chi connectivity index (χ0) is 12.9. The van der Waals surface area contributed by atoms with E-state index in [1.54, 1.807) is 6.08 Å². The molecule has 1 rings (SSSR count). The van der Waals surface area contributed by atoms with Crippen LogP contribution in [0.2, 0.25) is 0 Å². The van der Waals surface area contributed by atoms with Gasteiger partial charge >= 0.3 is 5.97 Å². The fourth-order valence-corrected chi connectivity index (χ4v) is 1.31. The van der Waals surface area contributed by atoms with Gasteiger partial charge in [-0.25, -0.2) is 0 Å². The standard InChI is InChI=1S/C15H20O2/c1-5-9-12-10-7-8-11-13(12)17-14(16)15(3,4)6-2/h5,7-8,10-11H,1,6,9H2,2-4H3. The molecule has 2 heteroatoms. The molecule has 0 saturated heterocycles. The summed E-state index contributed by atoms with van der Waals surface area (Å²) in [6, 6.07) is 7.57. The first-order chi connectivity index (χ1) is 8.01. The van der Waals surface area contributed by atoms with Crippen LogP contribution in [-0.4, -0.2) is 5.97 Å². The molecule has 0 atom stereocenters. The summed E-state index contributed by atoms with van der Waals surface area (Å²) in [4.78, 5) is 12.0. The third-order valence-electron chi connectivity index (χ3n) is 2.98. The Kier molecular flexibility index (Phi) is 4.50. The summed E-state index contributed by atoms with van der Waals surface area (Å²) in [7, 11) is 0. The molecule has 0 fully saturated rings. The maximum atomic E-state index is 12.0. The first kappa shape index (κ1) is 13.5. The number of rotatable bonds is 5. The molecule has 0 radical (unpaired) electrons. The van der Waals surface area contributed by atoms with Gasteiger partial charge in [0.1, 0.15) is 5.75 Å². The van der Waals surface area contributed by atoms with Crippen LogP contribution >= 0.6 is 0 Å². The summed E-state index contributed by atoms with van der Waals surface area (Å²) in [5, 5.41) is 0. The molecule has 0 saturated carbocycles. The number of carbonyl (C=O) groups is 1. The van der Waals surface area contributed by atoms with Crippen molar-refractivity contribution in [1.29, 1.82) is 0 Å². The molecule has 17 heavy (non-hydrogen) atoms. The molecule has 0 aromatic heterocycles. The van der Waals surface area contributed by atoms with Gasteiger partial charge in [-0.05, 0) is 38.3 Å². The van der Waals surface area contributed by atoms with Crippen molar-refractivity contribution >= 4 is 5.97 Å². The number of hydrogen-bond donors (Lipinski definition) is 0. The minimum Gasteiger partial charge on any atom is -0.426 e. The zero-order valence-corrected chi connectivity index (χ0v) is 10.8. The van der Waals surface area contributed by atoms with Gasteiger partial charge in [0, 0.05) is 0 Å². The van der Waals surface area contributed by atoms with Gasteiger partial charge in [-0.15, -0.1) is 6.58 Å². The number of ether oxygens (including phenoxy) is 1. The Morgan fingerprint density at radius 2 is 2.06 bits per heavy atom. The Balaban J connectivity index is 2.88. The van der Waals surface area contributed by atoms with Gasteiger partial charge in [0.05, 0.1) is 5.41 Å². The molecule has 2 nitrogen and oxygen atoms in total. The Bertz CT molecular complexity index is 405. The third kappa shape index (κ3) is 3.45. The minimum atomic E-state index is -0.443. The quantitative estimate of drug-likeness (QED) is 0.439. The first-order valence-electron chi connectivity index (χ1n) is 5.92. The van der Waals surface area contributed by atoms with Crippen LogP contribution in [0, 0.1) is 5.41 Å². The molecule has 0 unspecified atom stereocenters. The second-order valence-electron chi connectivity index (χ2n) is 4.73. The van der Waals surface area contributed by atoms with E-state index in [1.165, 1.54) is 0 Å². The molecule has 0 aliphatic heterocycles. The van der Waals surface area contributed by atoms with Gasteiger partial charge in [0.25, 0.3) is 0 Å². The smallest absolute Gasteiger partial charge is 0.316 e. The molecule has 0 N–H and O–H groups in total. The summed E-state index contributed by atoms with van der Waals surface area (Å²) in [6.45, 7) is 9.47. The average Bonchev–Trinajstić information content (AvgIpc) is 2.32. The highest BCUT2D eigenvalue weighted by molar-refractivity contribution is 5.78. The molecule has 1 aromatic rings. The van der Waals surface area contributed by atoms with Gasteiger partial charge in [-0.3, -0.25) is 4.79 Å². The van der Waals surface area contributed by atoms with E-state index in [9.17, 15) is 4.79 Å². The fourth-order valence-electron chi connectivity index (χ4n) is 1.31. The summed E-state index contributed by atoms with van der Waals surface area (Å²) >= 11 is 0. The number of carbonyl (C=O) groups excluding carboxylic acids is 1. The van der Waals surface area contributed by atoms with Crippen molar-refractivity contribution in [1.82, 2.24) is 0 Å². The fraction of sp³-hybridized carbons (Fsp3) is 0.400. The number of hydrogen-bond acceptors (Lipinski definition) is 2. The SMILES string of the molecule is C=CCc1ccccc1OC(=O)C(C)(C)CC. The van der Waals surface area contributed by atoms with Crippen molar-refractivity contribution in [3.8, 4) is 5.75 Å². The van der Waals surface area contributed by atoms with Crippen LogP contribution in [0.15, 0.2) is 36.9 Å². The number of esters is 1. The molecule has 0 spiro atoms. The van der Waals surface area contributed by atoms with Gasteiger partial charge in [-0.1, -0.05) is 31.2 Å². The number of para-hydroxylation sites is 1. The lowest BCUT2D eigenvalue weighted by molar-refractivity contribution is -0.144. The van der Waals surface area contributed by atoms with E-state index in [0.717, 1.165) is 12.0 Å². The first-order valence-corrected chi connectivity index (χ1v) is 5.92. The molecule has 92 valence electrons. The number of benzene rings is 1. The zero-order valence-electron chi connectivity index (χ0n) is 10.8. The van der Waals surface area contributed by atoms with E-state index in [1.807, 2.05) is 45.0 Å². The predicted octanol–water partition coefficient (Wildman–Crippen LogP) is 3.76. The Morgan fingerprint density at radius 1 is 1.41 bits per heavy atom. The van der Waals surface area contributed by atoms with E-state index in [-0.39, 0.29) is 5.97 Å². The van der Waals surface area contributed by atoms with Crippen LogP contribution < -0.4 is 4.74 Å². The monoisotopic (exact) mass is 232 g/mol. The maximum Gasteiger partial charge on any atom is 0.316 e. The Morgan fingerprint density at radius 3 is 2.65 bits per heavy atom. The average molecular weight is 232 g/mol. The summed E-state index contributed by atoms with van der Waals surface area (Å²) < 4.78 is 5.47. The van der Waals surface area contributed by atoms with E-state index >= 15 is 0 Å². The van der Waals surface area contributed by atoms with Crippen molar-refractivity contribution in [3.63, 3.8) is 0 Å². The maximum absolute atomic E-state index is 12.0. The number of allylic oxidation sites excluding steroid dienone is 1. The molecule has 0 aliphatic carbocycles. The van der Waals surface area contributed by atoms with Crippen LogP contribution in [0.3, 0.4) is 0 Å². The topological polar surface area (TPSA) is 26.3 Å². The highest BCUT2D eigenvalue weighted by Gasteiger charge is 2.27. The molecular formula is C15H20O2. The Hall–Kier alpha value is -1.57. The van der Waals surface area contributed by atoms with Crippen LogP contribution in [0.1, 0.15) is 32.8 Å². The third-order valence-corrected chi connectivity index (χ3v) is 2.98. The second-order valence-corrected chi connectivity index (χ2v) is 4.73. The molecule has 0 aliphatic rings. The van der Waals surface area contributed by atoms with Crippen LogP contribution in [-0.2, 0) is 11.2 Å². The van der Waals surface area contributed by atoms with Crippen molar-refractivity contribution in [2.24, 2.45) is 5.41 Å². The summed E-state index contributed by atoms with van der Waals surface area (Å²) in [5.41, 5.74) is 0.545. The normalized spacial score (nSPS) is 11.0. The van der Waals surface area contributed by atoms with Gasteiger partial charge in [0.2, 0.25) is 0 Å². The lowest BCUT2D eigenvalue weighted by Gasteiger charge is -2.21. The predicted molar refractivity (Wildman–Crippen MR) is 70.1 cm³/mol. The van der Waals surface area contributed by atoms with Crippen molar-refractivity contribution in [3.05, 3.63) is 42.5 Å². The van der Waals surface area contributed by atoms with E-state index < -0.39 is 5.41 Å². The summed E-state index contributed by atoms with van der Waals surface area (Å²) in [6.07, 6.45) is 3.27. The minimum absolute atomic E-state index is 0.184. The van der Waals surface area contributed by atoms with Crippen LogP contribution in [0.5, 0.6) is 5.75 Å². The lowest BCUT2D eigenvalue weighted by Crippen LogP contribution is -2.28. The van der Waals surface area contributed by atoms with E-state index in [0.29, 0.717) is 12.2 Å². The van der Waals surface area contributed by atoms with Gasteiger partial charge in [0.15, 0.2) is 0 Å². The van der Waals surface area contributed by atoms with E-state index in [2.05, 4.69) is 6.58 Å². The van der Waals surface area contributed by atoms with Crippen LogP contribution in [0.25, 0.3) is 0 Å². The van der Waals surface area contributed by atoms with Crippen molar-refractivity contribution in [2.45, 2.75) is 33.6 Å². The molecular weight excluding hydrogens is 212 g/mol. The van der Waals surface area contributed by atoms with Gasteiger partial charge < -0.3 is 4.74 Å². The van der Waals surface area contributed by atoms with Crippen LogP contribution in [0.4, 0.5) is 0 Å². The molecule has 0 bridgehead atoms. The second kappa shape index (κ2) is 5.67. The highest BCUT2D eigenvalue weighted by atomic mass is 16.5. The molecule has 0 heterocycles. The van der Waals surface area contributed by atoms with Crippen molar-refractivity contribution in [2.75, 3.05) is 0 Å². The van der Waals surface area contributed by atoms with Gasteiger partial charge in [-0.2, -0.15) is 0 Å². The Labute approximate surface area is 103 Å². The highest BCUT2D eigenvalue weighted by Crippen LogP contribution is 2.26. The van der Waals surface area contributed by atoms with Crippen molar-refractivity contribution < 1.29 is 9.53 Å². The summed E-state index contributed by atoms with van der Waals surface area (Å²) in [5.74, 6) is 0.454. The molecule has 0 amide bonds. The largest absolute Gasteiger partial charge is 0.426 e. The molecule has 1 aromatic carbocycles.